The molecule has 2 N–H and O–H groups in total. The number of benzene rings is 1. The number of carbonyl (C=O) groups excluding carboxylic acids is 1. The number of carbonyl (C=O) groups is 2. The van der Waals surface area contributed by atoms with Crippen molar-refractivity contribution in [1.82, 2.24) is 4.90 Å². The minimum absolute atomic E-state index is 0.0891. The highest BCUT2D eigenvalue weighted by Crippen LogP contribution is 2.13. The molecule has 0 aliphatic heterocycles. The molecule has 21 heavy (non-hydrogen) atoms. The predicted octanol–water partition coefficient (Wildman–Crippen LogP) is 3.21. The molecule has 1 rings (SSSR count). The number of aryl methyl sites for hydroxylation is 1. The first-order chi connectivity index (χ1) is 9.92. The Bertz CT molecular complexity index is 486. The van der Waals surface area contributed by atoms with Crippen LogP contribution in [-0.4, -0.2) is 35.1 Å². The van der Waals surface area contributed by atoms with Crippen LogP contribution in [0.5, 0.6) is 0 Å². The van der Waals surface area contributed by atoms with E-state index in [9.17, 15) is 9.59 Å². The molecule has 0 aliphatic carbocycles. The number of hydrogen-bond acceptors (Lipinski definition) is 2. The average molecular weight is 292 g/mol. The van der Waals surface area contributed by atoms with Crippen molar-refractivity contribution in [2.45, 2.75) is 33.6 Å². The molecule has 0 unspecified atom stereocenters. The third-order valence-corrected chi connectivity index (χ3v) is 3.06. The summed E-state index contributed by atoms with van der Waals surface area (Å²) in [7, 11) is 0. The van der Waals surface area contributed by atoms with Gasteiger partial charge in [0.05, 0.1) is 0 Å². The molecule has 5 heteroatoms. The van der Waals surface area contributed by atoms with Gasteiger partial charge in [0.25, 0.3) is 0 Å². The fourth-order valence-electron chi connectivity index (χ4n) is 2.05. The van der Waals surface area contributed by atoms with Crippen molar-refractivity contribution in [3.05, 3.63) is 29.8 Å². The number of rotatable bonds is 7. The van der Waals surface area contributed by atoms with E-state index < -0.39 is 5.97 Å². The van der Waals surface area contributed by atoms with Crippen molar-refractivity contribution in [2.24, 2.45) is 5.92 Å². The largest absolute Gasteiger partial charge is 0.481 e. The second kappa shape index (κ2) is 8.29. The Kier molecular flexibility index (Phi) is 6.72. The fourth-order valence-corrected chi connectivity index (χ4v) is 2.05. The molecule has 0 atom stereocenters. The van der Waals surface area contributed by atoms with Gasteiger partial charge in [0.15, 0.2) is 0 Å². The summed E-state index contributed by atoms with van der Waals surface area (Å²) in [6.07, 6.45) is 0.550. The van der Waals surface area contributed by atoms with Gasteiger partial charge in [-0.05, 0) is 37.0 Å². The summed E-state index contributed by atoms with van der Waals surface area (Å²) in [6, 6.07) is 7.20. The van der Waals surface area contributed by atoms with Crippen molar-refractivity contribution < 1.29 is 14.7 Å². The zero-order valence-corrected chi connectivity index (χ0v) is 12.9. The summed E-state index contributed by atoms with van der Waals surface area (Å²) in [6.45, 7) is 7.46. The van der Waals surface area contributed by atoms with Gasteiger partial charge in [0.1, 0.15) is 0 Å². The number of urea groups is 1. The maximum Gasteiger partial charge on any atom is 0.321 e. The lowest BCUT2D eigenvalue weighted by atomic mass is 10.1. The van der Waals surface area contributed by atoms with Crippen molar-refractivity contribution in [1.29, 1.82) is 0 Å². The third kappa shape index (κ3) is 6.29. The molecule has 1 aromatic carbocycles. The van der Waals surface area contributed by atoms with Crippen molar-refractivity contribution >= 4 is 17.7 Å². The van der Waals surface area contributed by atoms with Crippen LogP contribution in [0.25, 0.3) is 0 Å². The summed E-state index contributed by atoms with van der Waals surface area (Å²) in [5.41, 5.74) is 1.60. The predicted molar refractivity (Wildman–Crippen MR) is 83.5 cm³/mol. The minimum Gasteiger partial charge on any atom is -0.481 e. The van der Waals surface area contributed by atoms with Gasteiger partial charge in [-0.2, -0.15) is 0 Å². The lowest BCUT2D eigenvalue weighted by Crippen LogP contribution is -2.37. The summed E-state index contributed by atoms with van der Waals surface area (Å²) in [5, 5.41) is 11.6. The Morgan fingerprint density at radius 3 is 2.62 bits per heavy atom. The van der Waals surface area contributed by atoms with E-state index in [0.717, 1.165) is 5.56 Å². The summed E-state index contributed by atoms with van der Waals surface area (Å²) >= 11 is 0. The number of nitrogens with one attached hydrogen (secondary N) is 1. The molecular formula is C16H24N2O3. The molecule has 0 aromatic heterocycles. The first kappa shape index (κ1) is 17.0. The molecular weight excluding hydrogens is 268 g/mol. The number of hydrogen-bond donors (Lipinski definition) is 2. The van der Waals surface area contributed by atoms with Crippen LogP contribution < -0.4 is 5.32 Å². The van der Waals surface area contributed by atoms with Gasteiger partial charge in [0.2, 0.25) is 0 Å². The molecule has 116 valence electrons. The van der Waals surface area contributed by atoms with Gasteiger partial charge in [-0.25, -0.2) is 4.79 Å². The highest BCUT2D eigenvalue weighted by atomic mass is 16.4. The Morgan fingerprint density at radius 1 is 1.33 bits per heavy atom. The highest BCUT2D eigenvalue weighted by Gasteiger charge is 2.13. The van der Waals surface area contributed by atoms with E-state index in [-0.39, 0.29) is 12.5 Å². The van der Waals surface area contributed by atoms with Crippen LogP contribution in [-0.2, 0) is 11.2 Å². The van der Waals surface area contributed by atoms with E-state index in [4.69, 9.17) is 5.11 Å². The lowest BCUT2D eigenvalue weighted by molar-refractivity contribution is -0.136. The van der Waals surface area contributed by atoms with Crippen molar-refractivity contribution in [2.75, 3.05) is 18.4 Å². The standard InChI is InChI=1S/C16H24N2O3/c1-4-18(11-12(2)3)16(21)17-14-7-5-6-13(10-14)8-9-15(19)20/h5-7,10,12H,4,8-9,11H2,1-3H3,(H,17,21)(H,19,20). The summed E-state index contributed by atoms with van der Waals surface area (Å²) in [4.78, 5) is 24.5. The maximum absolute atomic E-state index is 12.2. The van der Waals surface area contributed by atoms with E-state index in [0.29, 0.717) is 31.1 Å². The number of aliphatic carboxylic acids is 1. The Balaban J connectivity index is 2.66. The number of carboxylic acid groups (broad SMARTS) is 1. The first-order valence-electron chi connectivity index (χ1n) is 7.29. The molecule has 0 radical (unpaired) electrons. The molecule has 5 nitrogen and oxygen atoms in total. The average Bonchev–Trinajstić information content (AvgIpc) is 2.42. The van der Waals surface area contributed by atoms with Gasteiger partial charge >= 0.3 is 12.0 Å². The SMILES string of the molecule is CCN(CC(C)C)C(=O)Nc1cccc(CCC(=O)O)c1. The number of nitrogens with zero attached hydrogens (tertiary/aromatic N) is 1. The highest BCUT2D eigenvalue weighted by molar-refractivity contribution is 5.89. The van der Waals surface area contributed by atoms with Gasteiger partial charge in [-0.3, -0.25) is 4.79 Å². The van der Waals surface area contributed by atoms with E-state index in [2.05, 4.69) is 19.2 Å². The van der Waals surface area contributed by atoms with E-state index >= 15 is 0 Å². The summed E-state index contributed by atoms with van der Waals surface area (Å²) < 4.78 is 0. The second-order valence-corrected chi connectivity index (χ2v) is 5.46. The Hall–Kier alpha value is -2.04. The van der Waals surface area contributed by atoms with Crippen LogP contribution in [0.3, 0.4) is 0 Å². The van der Waals surface area contributed by atoms with Gasteiger partial charge in [0, 0.05) is 25.2 Å². The first-order valence-corrected chi connectivity index (χ1v) is 7.29. The molecule has 0 bridgehead atoms. The molecule has 0 fully saturated rings. The quantitative estimate of drug-likeness (QED) is 0.810. The molecule has 0 aliphatic rings. The van der Waals surface area contributed by atoms with Gasteiger partial charge in [-0.15, -0.1) is 0 Å². The Labute approximate surface area is 126 Å². The number of amides is 2. The van der Waals surface area contributed by atoms with Crippen LogP contribution in [0.15, 0.2) is 24.3 Å². The topological polar surface area (TPSA) is 69.6 Å². The van der Waals surface area contributed by atoms with E-state index in [1.54, 1.807) is 4.90 Å². The Morgan fingerprint density at radius 2 is 2.05 bits per heavy atom. The maximum atomic E-state index is 12.2. The lowest BCUT2D eigenvalue weighted by Gasteiger charge is -2.23. The van der Waals surface area contributed by atoms with Crippen LogP contribution in [0.4, 0.5) is 10.5 Å². The van der Waals surface area contributed by atoms with E-state index in [1.807, 2.05) is 31.2 Å². The van der Waals surface area contributed by atoms with Crippen molar-refractivity contribution in [3.63, 3.8) is 0 Å². The van der Waals surface area contributed by atoms with Crippen molar-refractivity contribution in [3.8, 4) is 0 Å². The van der Waals surface area contributed by atoms with Crippen LogP contribution >= 0.6 is 0 Å². The van der Waals surface area contributed by atoms with Crippen LogP contribution in [0.2, 0.25) is 0 Å². The van der Waals surface area contributed by atoms with Crippen LogP contribution in [0.1, 0.15) is 32.8 Å². The zero-order chi connectivity index (χ0) is 15.8. The molecule has 0 spiro atoms. The number of anilines is 1. The monoisotopic (exact) mass is 292 g/mol. The third-order valence-electron chi connectivity index (χ3n) is 3.06. The second-order valence-electron chi connectivity index (χ2n) is 5.46. The minimum atomic E-state index is -0.821. The smallest absolute Gasteiger partial charge is 0.321 e. The van der Waals surface area contributed by atoms with Gasteiger partial charge in [-0.1, -0.05) is 26.0 Å². The van der Waals surface area contributed by atoms with E-state index in [1.165, 1.54) is 0 Å². The molecule has 0 saturated carbocycles. The van der Waals surface area contributed by atoms with Crippen LogP contribution in [0, 0.1) is 5.92 Å². The molecule has 1 aromatic rings. The molecule has 0 heterocycles. The molecule has 2 amide bonds. The fraction of sp³-hybridized carbons (Fsp3) is 0.500. The van der Waals surface area contributed by atoms with Gasteiger partial charge < -0.3 is 15.3 Å². The summed E-state index contributed by atoms with van der Waals surface area (Å²) in [5.74, 6) is -0.406. The zero-order valence-electron chi connectivity index (χ0n) is 12.9. The number of carboxylic acids is 1. The molecule has 0 saturated heterocycles. The normalized spacial score (nSPS) is 10.5.